The number of halogens is 1. The second-order valence-corrected chi connectivity index (χ2v) is 10.4. The number of fused-ring (bicyclic) bond motifs is 3. The highest BCUT2D eigenvalue weighted by atomic mass is 35.5. The number of benzene rings is 3. The van der Waals surface area contributed by atoms with E-state index in [1.165, 1.54) is 12.4 Å². The van der Waals surface area contributed by atoms with Crippen molar-refractivity contribution in [3.8, 4) is 16.8 Å². The minimum Gasteiger partial charge on any atom is -0.361 e. The average molecular weight is 571 g/mol. The molecule has 2 N–H and O–H groups in total. The van der Waals surface area contributed by atoms with Crippen LogP contribution >= 0.6 is 11.6 Å². The molecule has 42 heavy (non-hydrogen) atoms. The lowest BCUT2D eigenvalue weighted by Gasteiger charge is -2.24. The van der Waals surface area contributed by atoms with Gasteiger partial charge >= 0.3 is 0 Å². The predicted octanol–water partition coefficient (Wildman–Crippen LogP) is 6.66. The van der Waals surface area contributed by atoms with E-state index >= 15 is 0 Å². The normalized spacial score (nSPS) is 12.1. The highest BCUT2D eigenvalue weighted by molar-refractivity contribution is 6.36. The Labute approximate surface area is 244 Å². The molecule has 3 aromatic carbocycles. The molecule has 204 valence electrons. The first-order valence-electron chi connectivity index (χ1n) is 13.4. The van der Waals surface area contributed by atoms with Crippen molar-refractivity contribution in [2.75, 3.05) is 5.32 Å². The Morgan fingerprint density at radius 1 is 0.881 bits per heavy atom. The van der Waals surface area contributed by atoms with Crippen molar-refractivity contribution in [1.29, 1.82) is 0 Å². The number of rotatable bonds is 5. The minimum atomic E-state index is -0.529. The molecule has 0 unspecified atom stereocenters. The van der Waals surface area contributed by atoms with Crippen LogP contribution in [0.4, 0.5) is 5.82 Å². The summed E-state index contributed by atoms with van der Waals surface area (Å²) in [6.45, 7) is 1.88. The van der Waals surface area contributed by atoms with Crippen LogP contribution in [-0.4, -0.2) is 24.5 Å². The Kier molecular flexibility index (Phi) is 6.25. The molecule has 0 saturated heterocycles. The summed E-state index contributed by atoms with van der Waals surface area (Å²) < 4.78 is 1.63. The molecule has 0 spiro atoms. The molecule has 0 bridgehead atoms. The standard InChI is InChI=1S/C33H23ClN6O2/c1-19(39-32-28-26(41)14-15-35-31(28)37-18-38-32)30-29(34)24-12-7-11-23(21-16-20-8-5-6-13-25(20)36-17-21)27(24)33(42)40(30)22-9-3-2-4-10-22/h2-19H,1H3,(H2,35,37,38,39,41)/t19-/m0/s1. The van der Waals surface area contributed by atoms with Crippen molar-refractivity contribution < 1.29 is 0 Å². The van der Waals surface area contributed by atoms with Crippen LogP contribution in [0.25, 0.3) is 49.5 Å². The third-order valence-electron chi connectivity index (χ3n) is 7.41. The van der Waals surface area contributed by atoms with Gasteiger partial charge < -0.3 is 10.3 Å². The molecule has 4 heterocycles. The Hall–Kier alpha value is -5.34. The van der Waals surface area contributed by atoms with Gasteiger partial charge in [-0.3, -0.25) is 19.1 Å². The number of H-pyrrole nitrogens is 1. The Bertz CT molecular complexity index is 2260. The van der Waals surface area contributed by atoms with Crippen molar-refractivity contribution in [2.45, 2.75) is 13.0 Å². The molecule has 0 amide bonds. The number of para-hydroxylation sites is 2. The number of aromatic nitrogens is 5. The molecule has 4 aromatic heterocycles. The van der Waals surface area contributed by atoms with Crippen LogP contribution in [0.3, 0.4) is 0 Å². The fraction of sp³-hybridized carbons (Fsp3) is 0.0606. The maximum atomic E-state index is 14.6. The first kappa shape index (κ1) is 25.6. The van der Waals surface area contributed by atoms with Crippen LogP contribution in [-0.2, 0) is 0 Å². The van der Waals surface area contributed by atoms with Gasteiger partial charge in [-0.25, -0.2) is 9.97 Å². The summed E-state index contributed by atoms with van der Waals surface area (Å²) in [5.41, 5.74) is 3.59. The molecule has 1 atom stereocenters. The van der Waals surface area contributed by atoms with E-state index < -0.39 is 6.04 Å². The van der Waals surface area contributed by atoms with E-state index in [1.807, 2.05) is 85.8 Å². The van der Waals surface area contributed by atoms with Crippen LogP contribution in [0.5, 0.6) is 0 Å². The molecule has 9 heteroatoms. The van der Waals surface area contributed by atoms with Crippen LogP contribution in [0.2, 0.25) is 5.02 Å². The highest BCUT2D eigenvalue weighted by Crippen LogP contribution is 2.37. The van der Waals surface area contributed by atoms with Crippen molar-refractivity contribution in [3.05, 3.63) is 135 Å². The number of pyridine rings is 3. The SMILES string of the molecule is C[C@H](Nc1ncnc2[nH]ccc(=O)c12)c1c(Cl)c2cccc(-c3cnc4ccccc4c3)c2c(=O)n1-c1ccccc1. The summed E-state index contributed by atoms with van der Waals surface area (Å²) in [5.74, 6) is 0.341. The van der Waals surface area contributed by atoms with Gasteiger partial charge in [0.2, 0.25) is 0 Å². The average Bonchev–Trinajstić information content (AvgIpc) is 3.02. The van der Waals surface area contributed by atoms with Crippen LogP contribution < -0.4 is 16.3 Å². The number of hydrogen-bond acceptors (Lipinski definition) is 6. The fourth-order valence-electron chi connectivity index (χ4n) is 5.49. The lowest BCUT2D eigenvalue weighted by molar-refractivity contribution is 0.774. The molecule has 0 aliphatic heterocycles. The highest BCUT2D eigenvalue weighted by Gasteiger charge is 2.24. The zero-order valence-corrected chi connectivity index (χ0v) is 23.1. The zero-order chi connectivity index (χ0) is 28.8. The molecule has 0 aliphatic rings. The van der Waals surface area contributed by atoms with E-state index in [0.717, 1.165) is 22.0 Å². The Morgan fingerprint density at radius 2 is 1.69 bits per heavy atom. The Morgan fingerprint density at radius 3 is 2.55 bits per heavy atom. The van der Waals surface area contributed by atoms with E-state index in [0.29, 0.717) is 44.0 Å². The first-order valence-corrected chi connectivity index (χ1v) is 13.8. The fourth-order valence-corrected chi connectivity index (χ4v) is 5.90. The van der Waals surface area contributed by atoms with Crippen molar-refractivity contribution in [3.63, 3.8) is 0 Å². The second-order valence-electron chi connectivity index (χ2n) is 9.97. The van der Waals surface area contributed by atoms with Gasteiger partial charge in [-0.1, -0.05) is 66.2 Å². The van der Waals surface area contributed by atoms with Crippen molar-refractivity contribution in [1.82, 2.24) is 24.5 Å². The Balaban J connectivity index is 1.48. The van der Waals surface area contributed by atoms with Crippen LogP contribution in [0.1, 0.15) is 18.7 Å². The van der Waals surface area contributed by atoms with Crippen molar-refractivity contribution >= 4 is 50.1 Å². The number of anilines is 1. The number of hydrogen-bond donors (Lipinski definition) is 2. The van der Waals surface area contributed by atoms with E-state index in [4.69, 9.17) is 11.6 Å². The maximum Gasteiger partial charge on any atom is 0.263 e. The maximum absolute atomic E-state index is 14.6. The predicted molar refractivity (Wildman–Crippen MR) is 167 cm³/mol. The van der Waals surface area contributed by atoms with Gasteiger partial charge in [0.1, 0.15) is 23.2 Å². The van der Waals surface area contributed by atoms with E-state index in [2.05, 4.69) is 25.3 Å². The summed E-state index contributed by atoms with van der Waals surface area (Å²) in [6, 6.07) is 25.8. The molecule has 7 aromatic rings. The van der Waals surface area contributed by atoms with Gasteiger partial charge in [-0.2, -0.15) is 0 Å². The smallest absolute Gasteiger partial charge is 0.263 e. The number of nitrogens with one attached hydrogen (secondary N) is 2. The summed E-state index contributed by atoms with van der Waals surface area (Å²) >= 11 is 7.22. The van der Waals surface area contributed by atoms with Gasteiger partial charge in [0.15, 0.2) is 5.43 Å². The third-order valence-corrected chi connectivity index (χ3v) is 7.81. The molecule has 0 saturated carbocycles. The van der Waals surface area contributed by atoms with Gasteiger partial charge in [-0.05, 0) is 36.8 Å². The topological polar surface area (TPSA) is 106 Å². The van der Waals surface area contributed by atoms with Crippen LogP contribution in [0, 0.1) is 0 Å². The van der Waals surface area contributed by atoms with E-state index in [1.54, 1.807) is 17.0 Å². The van der Waals surface area contributed by atoms with Gasteiger partial charge in [0, 0.05) is 40.5 Å². The molecule has 0 fully saturated rings. The van der Waals surface area contributed by atoms with Gasteiger partial charge in [0.05, 0.1) is 27.7 Å². The zero-order valence-electron chi connectivity index (χ0n) is 22.4. The third kappa shape index (κ3) is 4.20. The summed E-state index contributed by atoms with van der Waals surface area (Å²) in [6.07, 6.45) is 4.71. The van der Waals surface area contributed by atoms with E-state index in [9.17, 15) is 9.59 Å². The summed E-state index contributed by atoms with van der Waals surface area (Å²) in [5, 5.41) is 6.15. The molecule has 8 nitrogen and oxygen atoms in total. The summed E-state index contributed by atoms with van der Waals surface area (Å²) in [7, 11) is 0. The van der Waals surface area contributed by atoms with Gasteiger partial charge in [-0.15, -0.1) is 0 Å². The molecule has 0 aliphatic carbocycles. The monoisotopic (exact) mass is 570 g/mol. The van der Waals surface area contributed by atoms with Gasteiger partial charge in [0.25, 0.3) is 5.56 Å². The molecule has 7 rings (SSSR count). The van der Waals surface area contributed by atoms with E-state index in [-0.39, 0.29) is 11.0 Å². The van der Waals surface area contributed by atoms with Crippen molar-refractivity contribution in [2.24, 2.45) is 0 Å². The number of nitrogens with zero attached hydrogens (tertiary/aromatic N) is 4. The number of aromatic amines is 1. The van der Waals surface area contributed by atoms with Crippen LogP contribution in [0.15, 0.2) is 113 Å². The summed E-state index contributed by atoms with van der Waals surface area (Å²) in [4.78, 5) is 43.4. The second kappa shape index (κ2) is 10.2. The molecular formula is C33H23ClN6O2. The molecule has 0 radical (unpaired) electrons. The molecular weight excluding hydrogens is 548 g/mol. The first-order chi connectivity index (χ1) is 20.5. The largest absolute Gasteiger partial charge is 0.361 e. The quantitative estimate of drug-likeness (QED) is 0.240. The lowest BCUT2D eigenvalue weighted by atomic mass is 9.97. The lowest BCUT2D eigenvalue weighted by Crippen LogP contribution is -2.27. The minimum absolute atomic E-state index is 0.224.